The van der Waals surface area contributed by atoms with Crippen molar-refractivity contribution in [2.24, 2.45) is 0 Å². The van der Waals surface area contributed by atoms with E-state index < -0.39 is 19.5 Å². The normalized spacial score (nSPS) is 14.2. The van der Waals surface area contributed by atoms with Crippen LogP contribution in [0.25, 0.3) is 0 Å². The number of rotatable bonds is 10. The van der Waals surface area contributed by atoms with E-state index in [1.54, 1.807) is 11.8 Å². The molecule has 0 bridgehead atoms. The van der Waals surface area contributed by atoms with Crippen molar-refractivity contribution < 1.29 is 28.3 Å². The number of hydrogen-bond donors (Lipinski definition) is 3. The lowest BCUT2D eigenvalue weighted by atomic mass is 9.91. The molecule has 0 aliphatic rings. The minimum absolute atomic E-state index is 0.244. The zero-order chi connectivity index (χ0) is 21.9. The Morgan fingerprint density at radius 3 is 1.61 bits per heavy atom. The smallest absolute Gasteiger partial charge is 0.420 e. The first-order valence-corrected chi connectivity index (χ1v) is 13.8. The Kier molecular flexibility index (Phi) is 9.42. The Morgan fingerprint density at radius 1 is 0.929 bits per heavy atom. The molecule has 28 heavy (non-hydrogen) atoms. The van der Waals surface area contributed by atoms with Gasteiger partial charge in [-0.1, -0.05) is 53.8 Å². The second-order valence-electron chi connectivity index (χ2n) is 6.59. The van der Waals surface area contributed by atoms with Crippen LogP contribution in [0, 0.1) is 0 Å². The van der Waals surface area contributed by atoms with Crippen molar-refractivity contribution in [3.63, 3.8) is 0 Å². The van der Waals surface area contributed by atoms with Gasteiger partial charge in [-0.25, -0.2) is 4.57 Å². The molecule has 0 saturated carbocycles. The molecule has 0 aromatic heterocycles. The van der Waals surface area contributed by atoms with Crippen molar-refractivity contribution in [1.29, 1.82) is 0 Å². The summed E-state index contributed by atoms with van der Waals surface area (Å²) in [6, 6.07) is 0. The van der Waals surface area contributed by atoms with E-state index in [9.17, 15) is 23.8 Å². The molecule has 0 spiro atoms. The quantitative estimate of drug-likeness (QED) is 0.236. The van der Waals surface area contributed by atoms with Crippen LogP contribution in [0.4, 0.5) is 0 Å². The molecule has 6 nitrogen and oxygen atoms in total. The van der Waals surface area contributed by atoms with Crippen molar-refractivity contribution in [1.82, 2.24) is 0 Å². The maximum atomic E-state index is 12.6. The van der Waals surface area contributed by atoms with E-state index in [4.69, 9.17) is 4.52 Å². The van der Waals surface area contributed by atoms with Gasteiger partial charge in [0.05, 0.1) is 0 Å². The average molecular weight is 469 g/mol. The van der Waals surface area contributed by atoms with Crippen molar-refractivity contribution in [3.8, 4) is 5.75 Å². The van der Waals surface area contributed by atoms with Crippen molar-refractivity contribution in [3.05, 3.63) is 22.3 Å². The van der Waals surface area contributed by atoms with E-state index in [1.165, 1.54) is 4.90 Å². The fraction of sp³-hybridized carbons (Fsp3) is 0.611. The van der Waals surface area contributed by atoms with Crippen LogP contribution in [0.3, 0.4) is 0 Å². The zero-order valence-electron chi connectivity index (χ0n) is 17.2. The Bertz CT molecular complexity index is 799. The van der Waals surface area contributed by atoms with Gasteiger partial charge >= 0.3 is 15.2 Å². The van der Waals surface area contributed by atoms with Gasteiger partial charge in [-0.2, -0.15) is 0 Å². The van der Waals surface area contributed by atoms with Gasteiger partial charge in [0.2, 0.25) is 4.35 Å². The molecule has 0 radical (unpaired) electrons. The Hall–Kier alpha value is -0.200. The summed E-state index contributed by atoms with van der Waals surface area (Å²) < 4.78 is 28.3. The highest BCUT2D eigenvalue weighted by molar-refractivity contribution is 8.16. The minimum atomic E-state index is -5.04. The van der Waals surface area contributed by atoms with E-state index in [2.05, 4.69) is 26.1 Å². The average Bonchev–Trinajstić information content (AvgIpc) is 2.59. The van der Waals surface area contributed by atoms with E-state index >= 15 is 0 Å². The summed E-state index contributed by atoms with van der Waals surface area (Å²) in [5.74, 6) is 0.244. The summed E-state index contributed by atoms with van der Waals surface area (Å²) in [6.07, 6.45) is 2.54. The minimum Gasteiger partial charge on any atom is -0.420 e. The van der Waals surface area contributed by atoms with E-state index in [1.807, 2.05) is 27.7 Å². The summed E-state index contributed by atoms with van der Waals surface area (Å²) in [5, 5.41) is 0.364. The third kappa shape index (κ3) is 5.69. The van der Waals surface area contributed by atoms with Crippen LogP contribution in [-0.4, -0.2) is 24.3 Å². The van der Waals surface area contributed by atoms with E-state index in [0.717, 1.165) is 22.3 Å². The van der Waals surface area contributed by atoms with E-state index in [-0.39, 0.29) is 5.75 Å². The van der Waals surface area contributed by atoms with Gasteiger partial charge in [-0.15, -0.1) is 11.8 Å². The van der Waals surface area contributed by atoms with Crippen molar-refractivity contribution >= 4 is 43.5 Å². The molecule has 0 aliphatic carbocycles. The highest BCUT2D eigenvalue weighted by Gasteiger charge is 2.42. The Morgan fingerprint density at radius 2 is 1.32 bits per heavy atom. The molecule has 0 aliphatic heterocycles. The van der Waals surface area contributed by atoms with Crippen molar-refractivity contribution in [2.75, 3.05) is 0 Å². The van der Waals surface area contributed by atoms with Gasteiger partial charge in [0.25, 0.3) is 0 Å². The third-order valence-corrected chi connectivity index (χ3v) is 9.86. The molecular formula is C18H30O6P2S2. The van der Waals surface area contributed by atoms with Gasteiger partial charge in [-0.3, -0.25) is 4.57 Å². The molecular weight excluding hydrogens is 438 g/mol. The first-order valence-electron chi connectivity index (χ1n) is 9.34. The highest BCUT2D eigenvalue weighted by Crippen LogP contribution is 2.59. The molecule has 0 saturated heterocycles. The van der Waals surface area contributed by atoms with Crippen LogP contribution >= 0.6 is 39.2 Å². The van der Waals surface area contributed by atoms with Crippen LogP contribution in [0.15, 0.2) is 4.90 Å². The summed E-state index contributed by atoms with van der Waals surface area (Å²) in [5.41, 5.74) is 3.68. The number of benzene rings is 1. The molecule has 1 aromatic rings. The lowest BCUT2D eigenvalue weighted by Crippen LogP contribution is -2.12. The first-order chi connectivity index (χ1) is 12.8. The second-order valence-corrected chi connectivity index (χ2v) is 12.8. The van der Waals surface area contributed by atoms with Gasteiger partial charge in [0, 0.05) is 10.1 Å². The van der Waals surface area contributed by atoms with Crippen LogP contribution in [0.2, 0.25) is 0 Å². The predicted molar refractivity (Wildman–Crippen MR) is 120 cm³/mol. The molecule has 1 aromatic carbocycles. The number of hydrogen-bond acceptors (Lipinski definition) is 5. The summed E-state index contributed by atoms with van der Waals surface area (Å²) in [7, 11) is -9.89. The lowest BCUT2D eigenvalue weighted by Gasteiger charge is -2.27. The molecule has 3 N–H and O–H groups in total. The molecule has 1 unspecified atom stereocenters. The maximum Gasteiger partial charge on any atom is 0.427 e. The second kappa shape index (κ2) is 10.2. The first kappa shape index (κ1) is 25.8. The number of thiocarbonyl (C=S) groups is 1. The van der Waals surface area contributed by atoms with E-state index in [0.29, 0.717) is 30.9 Å². The number of thioether (sulfide) groups is 1. The van der Waals surface area contributed by atoms with Crippen LogP contribution in [-0.2, 0) is 34.8 Å². The predicted octanol–water partition coefficient (Wildman–Crippen LogP) is 5.46. The van der Waals surface area contributed by atoms with Gasteiger partial charge in [0.15, 0.2) is 0 Å². The fourth-order valence-corrected chi connectivity index (χ4v) is 6.61. The van der Waals surface area contributed by atoms with Gasteiger partial charge < -0.3 is 19.2 Å². The van der Waals surface area contributed by atoms with Gasteiger partial charge in [0.1, 0.15) is 5.75 Å². The fourth-order valence-electron chi connectivity index (χ4n) is 3.22. The SMILES string of the molecule is CCc1c(CC)c(SC(C)C)c(CC)c(CC)c1OP(=O)(O)C(=S)P(=O)(O)O. The Balaban J connectivity index is 3.82. The summed E-state index contributed by atoms with van der Waals surface area (Å²) in [6.45, 7) is 12.1. The Labute approximate surface area is 177 Å². The summed E-state index contributed by atoms with van der Waals surface area (Å²) >= 11 is 6.35. The maximum absolute atomic E-state index is 12.6. The van der Waals surface area contributed by atoms with Crippen molar-refractivity contribution in [2.45, 2.75) is 77.4 Å². The van der Waals surface area contributed by atoms with Crippen LogP contribution < -0.4 is 4.52 Å². The van der Waals surface area contributed by atoms with Crippen LogP contribution in [0.5, 0.6) is 5.75 Å². The highest BCUT2D eigenvalue weighted by atomic mass is 32.2. The molecule has 1 rings (SSSR count). The third-order valence-electron chi connectivity index (χ3n) is 4.30. The monoisotopic (exact) mass is 468 g/mol. The van der Waals surface area contributed by atoms with Gasteiger partial charge in [-0.05, 0) is 47.9 Å². The molecule has 0 fully saturated rings. The molecule has 0 amide bonds. The molecule has 160 valence electrons. The topological polar surface area (TPSA) is 104 Å². The lowest BCUT2D eigenvalue weighted by molar-refractivity contribution is 0.383. The molecule has 1 atom stereocenters. The molecule has 0 heterocycles. The largest absolute Gasteiger partial charge is 0.427 e. The zero-order valence-corrected chi connectivity index (χ0v) is 20.6. The summed E-state index contributed by atoms with van der Waals surface area (Å²) in [4.78, 5) is 29.9. The van der Waals surface area contributed by atoms with Crippen LogP contribution in [0.1, 0.15) is 63.8 Å². The standard InChI is InChI=1S/C18H30O6P2S2/c1-7-12-14(9-3)17(28-11(5)6)15(10-4)13(8-2)16(12)24-26(22,23)18(27)25(19,20)21/h11H,7-10H2,1-6H3,(H,22,23)(H2,19,20,21). The molecule has 10 heteroatoms.